The van der Waals surface area contributed by atoms with E-state index in [4.69, 9.17) is 0 Å². The molecule has 1 aromatic carbocycles. The van der Waals surface area contributed by atoms with Crippen LogP contribution in [0.2, 0.25) is 0 Å². The molecule has 1 N–H and O–H groups in total. The Balaban J connectivity index is 2.20. The SMILES string of the molecule is C[C@@H](NS(=O)(=O)c1ccccc1)c1ccccn1. The van der Waals surface area contributed by atoms with Gasteiger partial charge in [0.15, 0.2) is 0 Å². The molecule has 0 amide bonds. The Labute approximate surface area is 107 Å². The first-order valence-electron chi connectivity index (χ1n) is 5.58. The van der Waals surface area contributed by atoms with Crippen molar-refractivity contribution in [1.29, 1.82) is 0 Å². The zero-order valence-electron chi connectivity index (χ0n) is 9.95. The summed E-state index contributed by atoms with van der Waals surface area (Å²) in [5.74, 6) is 0. The summed E-state index contributed by atoms with van der Waals surface area (Å²) in [6.07, 6.45) is 1.64. The molecule has 2 aromatic rings. The van der Waals surface area contributed by atoms with Crippen molar-refractivity contribution >= 4 is 10.0 Å². The summed E-state index contributed by atoms with van der Waals surface area (Å²) in [5, 5.41) is 0. The van der Waals surface area contributed by atoms with E-state index in [0.717, 1.165) is 0 Å². The number of sulfonamides is 1. The number of pyridine rings is 1. The van der Waals surface area contributed by atoms with E-state index in [1.807, 2.05) is 6.07 Å². The number of rotatable bonds is 4. The Morgan fingerprint density at radius 2 is 1.72 bits per heavy atom. The number of nitrogens with one attached hydrogen (secondary N) is 1. The highest BCUT2D eigenvalue weighted by molar-refractivity contribution is 7.89. The van der Waals surface area contributed by atoms with E-state index in [1.54, 1.807) is 55.6 Å². The van der Waals surface area contributed by atoms with E-state index >= 15 is 0 Å². The molecule has 0 radical (unpaired) electrons. The van der Waals surface area contributed by atoms with E-state index in [0.29, 0.717) is 5.69 Å². The van der Waals surface area contributed by atoms with Gasteiger partial charge in [0.2, 0.25) is 10.0 Å². The van der Waals surface area contributed by atoms with Gasteiger partial charge in [-0.25, -0.2) is 13.1 Å². The zero-order valence-corrected chi connectivity index (χ0v) is 10.8. The number of hydrogen-bond acceptors (Lipinski definition) is 3. The molecule has 0 spiro atoms. The van der Waals surface area contributed by atoms with Crippen molar-refractivity contribution in [3.05, 3.63) is 60.4 Å². The summed E-state index contributed by atoms with van der Waals surface area (Å²) in [7, 11) is -3.50. The fourth-order valence-electron chi connectivity index (χ4n) is 1.59. The van der Waals surface area contributed by atoms with Gasteiger partial charge in [-0.3, -0.25) is 4.98 Å². The molecule has 5 heteroatoms. The van der Waals surface area contributed by atoms with Gasteiger partial charge in [-0.05, 0) is 31.2 Å². The van der Waals surface area contributed by atoms with Crippen molar-refractivity contribution < 1.29 is 8.42 Å². The van der Waals surface area contributed by atoms with Crippen LogP contribution in [-0.2, 0) is 10.0 Å². The number of aromatic nitrogens is 1. The first-order chi connectivity index (χ1) is 8.59. The quantitative estimate of drug-likeness (QED) is 0.918. The molecule has 0 unspecified atom stereocenters. The minimum atomic E-state index is -3.50. The van der Waals surface area contributed by atoms with Gasteiger partial charge in [0.1, 0.15) is 0 Å². The van der Waals surface area contributed by atoms with Gasteiger partial charge in [0, 0.05) is 6.20 Å². The van der Waals surface area contributed by atoms with Gasteiger partial charge in [0.25, 0.3) is 0 Å². The third-order valence-corrected chi connectivity index (χ3v) is 4.07. The van der Waals surface area contributed by atoms with E-state index in [1.165, 1.54) is 0 Å². The fraction of sp³-hybridized carbons (Fsp3) is 0.154. The van der Waals surface area contributed by atoms with Crippen LogP contribution in [0.25, 0.3) is 0 Å². The monoisotopic (exact) mass is 262 g/mol. The summed E-state index contributed by atoms with van der Waals surface area (Å²) in [5.41, 5.74) is 0.692. The topological polar surface area (TPSA) is 59.1 Å². The second-order valence-electron chi connectivity index (χ2n) is 3.91. The van der Waals surface area contributed by atoms with Gasteiger partial charge in [-0.2, -0.15) is 0 Å². The van der Waals surface area contributed by atoms with Crippen molar-refractivity contribution in [2.24, 2.45) is 0 Å². The summed E-state index contributed by atoms with van der Waals surface area (Å²) in [6, 6.07) is 13.3. The smallest absolute Gasteiger partial charge is 0.241 e. The average molecular weight is 262 g/mol. The van der Waals surface area contributed by atoms with Crippen molar-refractivity contribution in [3.8, 4) is 0 Å². The minimum absolute atomic E-state index is 0.257. The summed E-state index contributed by atoms with van der Waals surface area (Å²) in [4.78, 5) is 4.39. The lowest BCUT2D eigenvalue weighted by Crippen LogP contribution is -2.27. The minimum Gasteiger partial charge on any atom is -0.260 e. The van der Waals surface area contributed by atoms with Crippen LogP contribution in [0.4, 0.5) is 0 Å². The predicted octanol–water partition coefficient (Wildman–Crippen LogP) is 2.12. The zero-order chi connectivity index (χ0) is 13.0. The lowest BCUT2D eigenvalue weighted by Gasteiger charge is -2.13. The van der Waals surface area contributed by atoms with Gasteiger partial charge in [0.05, 0.1) is 16.6 Å². The third kappa shape index (κ3) is 2.94. The highest BCUT2D eigenvalue weighted by Crippen LogP contribution is 2.14. The summed E-state index contributed by atoms with van der Waals surface area (Å²) in [6.45, 7) is 1.77. The molecule has 0 saturated heterocycles. The molecular weight excluding hydrogens is 248 g/mol. The van der Waals surface area contributed by atoms with Crippen LogP contribution in [0, 0.1) is 0 Å². The van der Waals surface area contributed by atoms with Crippen molar-refractivity contribution in [1.82, 2.24) is 9.71 Å². The van der Waals surface area contributed by atoms with E-state index in [-0.39, 0.29) is 10.9 Å². The van der Waals surface area contributed by atoms with Crippen LogP contribution < -0.4 is 4.72 Å². The average Bonchev–Trinajstić information content (AvgIpc) is 2.40. The molecular formula is C13H14N2O2S. The molecule has 0 aliphatic rings. The highest BCUT2D eigenvalue weighted by atomic mass is 32.2. The van der Waals surface area contributed by atoms with E-state index < -0.39 is 10.0 Å². The maximum Gasteiger partial charge on any atom is 0.241 e. The maximum absolute atomic E-state index is 12.1. The normalized spacial score (nSPS) is 13.2. The predicted molar refractivity (Wildman–Crippen MR) is 69.4 cm³/mol. The summed E-state index contributed by atoms with van der Waals surface area (Å²) < 4.78 is 26.8. The Morgan fingerprint density at radius 3 is 2.33 bits per heavy atom. The van der Waals surface area contributed by atoms with Crippen LogP contribution in [0.3, 0.4) is 0 Å². The molecule has 0 fully saturated rings. The Hall–Kier alpha value is -1.72. The van der Waals surface area contributed by atoms with E-state index in [2.05, 4.69) is 9.71 Å². The van der Waals surface area contributed by atoms with Crippen molar-refractivity contribution in [2.45, 2.75) is 17.9 Å². The van der Waals surface area contributed by atoms with Gasteiger partial charge >= 0.3 is 0 Å². The first-order valence-corrected chi connectivity index (χ1v) is 7.06. The van der Waals surface area contributed by atoms with Gasteiger partial charge in [-0.15, -0.1) is 0 Å². The number of benzene rings is 1. The molecule has 1 heterocycles. The Kier molecular flexibility index (Phi) is 3.74. The lowest BCUT2D eigenvalue weighted by molar-refractivity contribution is 0.564. The van der Waals surface area contributed by atoms with E-state index in [9.17, 15) is 8.42 Å². The maximum atomic E-state index is 12.1. The van der Waals surface area contributed by atoms with Crippen molar-refractivity contribution in [2.75, 3.05) is 0 Å². The molecule has 0 bridgehead atoms. The first kappa shape index (κ1) is 12.7. The molecule has 18 heavy (non-hydrogen) atoms. The molecule has 0 saturated carbocycles. The molecule has 1 atom stereocenters. The largest absolute Gasteiger partial charge is 0.260 e. The van der Waals surface area contributed by atoms with Crippen molar-refractivity contribution in [3.63, 3.8) is 0 Å². The van der Waals surface area contributed by atoms with Crippen LogP contribution in [0.5, 0.6) is 0 Å². The molecule has 1 aromatic heterocycles. The van der Waals surface area contributed by atoms with Gasteiger partial charge in [-0.1, -0.05) is 24.3 Å². The Bertz CT molecular complexity index is 597. The number of nitrogens with zero attached hydrogens (tertiary/aromatic N) is 1. The van der Waals surface area contributed by atoms with Crippen LogP contribution in [0.1, 0.15) is 18.7 Å². The van der Waals surface area contributed by atoms with Crippen LogP contribution in [-0.4, -0.2) is 13.4 Å². The van der Waals surface area contributed by atoms with Gasteiger partial charge < -0.3 is 0 Å². The fourth-order valence-corrected chi connectivity index (χ4v) is 2.83. The standard InChI is InChI=1S/C13H14N2O2S/c1-11(13-9-5-6-10-14-13)15-18(16,17)12-7-3-2-4-8-12/h2-11,15H,1H3/t11-/m1/s1. The molecule has 4 nitrogen and oxygen atoms in total. The summed E-state index contributed by atoms with van der Waals surface area (Å²) >= 11 is 0. The van der Waals surface area contributed by atoms with Crippen LogP contribution >= 0.6 is 0 Å². The molecule has 0 aliphatic heterocycles. The van der Waals surface area contributed by atoms with Crippen LogP contribution in [0.15, 0.2) is 59.6 Å². The highest BCUT2D eigenvalue weighted by Gasteiger charge is 2.18. The number of hydrogen-bond donors (Lipinski definition) is 1. The second kappa shape index (κ2) is 5.29. The molecule has 0 aliphatic carbocycles. The second-order valence-corrected chi connectivity index (χ2v) is 5.62. The third-order valence-electron chi connectivity index (χ3n) is 2.52. The molecule has 2 rings (SSSR count). The Morgan fingerprint density at radius 1 is 1.06 bits per heavy atom. The molecule has 94 valence electrons. The lowest BCUT2D eigenvalue weighted by atomic mass is 10.2.